The van der Waals surface area contributed by atoms with Gasteiger partial charge in [0.2, 0.25) is 0 Å². The molecule has 6 N–H and O–H groups in total. The summed E-state index contributed by atoms with van der Waals surface area (Å²) in [5.41, 5.74) is 0. The number of phosphoric acid groups is 4. The number of hydrogen-bond donors (Lipinski definition) is 6. The Morgan fingerprint density at radius 2 is 0.778 bits per heavy atom. The van der Waals surface area contributed by atoms with E-state index in [1.54, 1.807) is 0 Å². The first-order valence-electron chi connectivity index (χ1n) is 3.03. The quantitative estimate of drug-likeness (QED) is 0.236. The molecule has 0 bridgehead atoms. The molecule has 0 fully saturated rings. The van der Waals surface area contributed by atoms with Crippen molar-refractivity contribution in [3.63, 3.8) is 0 Å². The van der Waals surface area contributed by atoms with Crippen LogP contribution in [-0.4, -0.2) is 80.7 Å². The zero-order chi connectivity index (χ0) is 14.1. The van der Waals surface area contributed by atoms with Crippen molar-refractivity contribution in [3.05, 3.63) is 0 Å². The molecule has 0 amide bonds. The fourth-order valence-electron chi connectivity index (χ4n) is 0.429. The molecule has 0 aliphatic carbocycles. The minimum atomic E-state index is -5.77. The van der Waals surface area contributed by atoms with Gasteiger partial charge in [0.15, 0.2) is 0 Å². The van der Waals surface area contributed by atoms with Crippen molar-refractivity contribution in [2.45, 2.75) is 0 Å². The first-order valence-corrected chi connectivity index (χ1v) is 9.08. The molecular weight excluding hydrogens is 371 g/mol. The maximum absolute atomic E-state index is 10.7. The number of rotatable bonds is 6. The summed E-state index contributed by atoms with van der Waals surface area (Å²) < 4.78 is 50.9. The summed E-state index contributed by atoms with van der Waals surface area (Å²) in [7, 11) is -22.6. The average Bonchev–Trinajstić information content (AvgIpc) is 1.65. The van der Waals surface area contributed by atoms with Crippen LogP contribution in [-0.2, 0) is 31.2 Å². The molecular formula is H7KO13P4. The monoisotopic (exact) mass is 378 g/mol. The summed E-state index contributed by atoms with van der Waals surface area (Å²) in [5, 5.41) is 0. The van der Waals surface area contributed by atoms with Crippen molar-refractivity contribution in [3.8, 4) is 0 Å². The first kappa shape index (κ1) is 22.5. The molecule has 0 aromatic carbocycles. The van der Waals surface area contributed by atoms with E-state index in [4.69, 9.17) is 29.4 Å². The zero-order valence-corrected chi connectivity index (χ0v) is 10.9. The Morgan fingerprint density at radius 3 is 0.944 bits per heavy atom. The third kappa shape index (κ3) is 13.2. The van der Waals surface area contributed by atoms with Gasteiger partial charge < -0.3 is 29.4 Å². The molecule has 0 aromatic rings. The van der Waals surface area contributed by atoms with Crippen molar-refractivity contribution >= 4 is 82.7 Å². The summed E-state index contributed by atoms with van der Waals surface area (Å²) in [6, 6.07) is 0. The van der Waals surface area contributed by atoms with Gasteiger partial charge in [-0.15, -0.1) is 0 Å². The molecule has 2 unspecified atom stereocenters. The fraction of sp³-hybridized carbons (Fsp3) is 0. The maximum atomic E-state index is 10.7. The van der Waals surface area contributed by atoms with Crippen LogP contribution in [0, 0.1) is 0 Å². The van der Waals surface area contributed by atoms with E-state index < -0.39 is 31.3 Å². The van der Waals surface area contributed by atoms with Crippen molar-refractivity contribution in [2.24, 2.45) is 0 Å². The molecule has 0 aliphatic rings. The molecule has 0 aromatic heterocycles. The van der Waals surface area contributed by atoms with Crippen molar-refractivity contribution in [2.75, 3.05) is 0 Å². The molecule has 0 saturated carbocycles. The van der Waals surface area contributed by atoms with Crippen LogP contribution in [0.2, 0.25) is 0 Å². The van der Waals surface area contributed by atoms with Gasteiger partial charge in [0.05, 0.1) is 0 Å². The van der Waals surface area contributed by atoms with Crippen LogP contribution >= 0.6 is 31.3 Å². The second kappa shape index (κ2) is 7.46. The van der Waals surface area contributed by atoms with Crippen LogP contribution in [0.25, 0.3) is 0 Å². The average molecular weight is 378 g/mol. The molecule has 0 spiro atoms. The van der Waals surface area contributed by atoms with E-state index in [0.29, 0.717) is 0 Å². The first-order chi connectivity index (χ1) is 7.12. The van der Waals surface area contributed by atoms with Gasteiger partial charge in [0.1, 0.15) is 0 Å². The van der Waals surface area contributed by atoms with Gasteiger partial charge in [0.25, 0.3) is 0 Å². The van der Waals surface area contributed by atoms with E-state index in [-0.39, 0.29) is 51.4 Å². The van der Waals surface area contributed by atoms with E-state index >= 15 is 0 Å². The van der Waals surface area contributed by atoms with Gasteiger partial charge in [-0.2, -0.15) is 12.9 Å². The molecule has 13 nitrogen and oxygen atoms in total. The summed E-state index contributed by atoms with van der Waals surface area (Å²) in [6.45, 7) is 0. The van der Waals surface area contributed by atoms with E-state index in [9.17, 15) is 18.3 Å². The van der Waals surface area contributed by atoms with E-state index in [1.165, 1.54) is 0 Å². The molecule has 2 atom stereocenters. The van der Waals surface area contributed by atoms with Crippen LogP contribution in [0.4, 0.5) is 0 Å². The summed E-state index contributed by atoms with van der Waals surface area (Å²) in [5.74, 6) is 0. The third-order valence-electron chi connectivity index (χ3n) is 0.625. The Bertz CT molecular complexity index is 408. The molecule has 0 saturated heterocycles. The molecule has 18 heteroatoms. The molecule has 0 heterocycles. The Hall–Kier alpha value is 2.20. The van der Waals surface area contributed by atoms with Gasteiger partial charge >= 0.3 is 82.7 Å². The zero-order valence-electron chi connectivity index (χ0n) is 7.33. The molecule has 0 aliphatic heterocycles. The Morgan fingerprint density at radius 1 is 0.556 bits per heavy atom. The van der Waals surface area contributed by atoms with Gasteiger partial charge in [0, 0.05) is 0 Å². The summed E-state index contributed by atoms with van der Waals surface area (Å²) >= 11 is 0. The van der Waals surface area contributed by atoms with Crippen LogP contribution in [0.5, 0.6) is 0 Å². The van der Waals surface area contributed by atoms with Crippen LogP contribution < -0.4 is 0 Å². The topological polar surface area (TPSA) is 217 Å². The Kier molecular flexibility index (Phi) is 9.31. The van der Waals surface area contributed by atoms with Gasteiger partial charge in [-0.25, -0.2) is 18.3 Å². The van der Waals surface area contributed by atoms with Gasteiger partial charge in [-0.3, -0.25) is 0 Å². The van der Waals surface area contributed by atoms with Gasteiger partial charge in [-0.05, 0) is 0 Å². The Balaban J connectivity index is 0. The van der Waals surface area contributed by atoms with Crippen molar-refractivity contribution in [1.82, 2.24) is 0 Å². The standard InChI is InChI=1S/K.H6O13P4.H/c;1-14(2,3)11-16(7,8)13-17(9,10)12-15(4,5)6;/h;(H,7,8)(H,9,10)(H2,1,2,3)(H2,4,5,6);. The molecule has 106 valence electrons. The number of hydrogen-bond acceptors (Lipinski definition) is 7. The summed E-state index contributed by atoms with van der Waals surface area (Å²) in [4.78, 5) is 49.4. The van der Waals surface area contributed by atoms with Crippen molar-refractivity contribution < 1.29 is 60.6 Å². The van der Waals surface area contributed by atoms with Crippen LogP contribution in [0.1, 0.15) is 0 Å². The van der Waals surface area contributed by atoms with Crippen LogP contribution in [0.3, 0.4) is 0 Å². The third-order valence-corrected chi connectivity index (χ3v) is 5.63. The van der Waals surface area contributed by atoms with E-state index in [2.05, 4.69) is 12.9 Å². The SMILES string of the molecule is O=P(O)(O)OP(=O)(O)OP(=O)(O)OP(=O)(O)O.[KH]. The Labute approximate surface area is 142 Å². The molecule has 18 heavy (non-hydrogen) atoms. The molecule has 0 rings (SSSR count). The summed E-state index contributed by atoms with van der Waals surface area (Å²) in [6.07, 6.45) is 0. The van der Waals surface area contributed by atoms with Crippen molar-refractivity contribution in [1.29, 1.82) is 0 Å². The normalized spacial score (nSPS) is 19.4. The molecule has 0 radical (unpaired) electrons. The second-order valence-electron chi connectivity index (χ2n) is 2.16. The van der Waals surface area contributed by atoms with Gasteiger partial charge in [-0.1, -0.05) is 0 Å². The minimum absolute atomic E-state index is 0. The second-order valence-corrected chi connectivity index (χ2v) is 7.96. The van der Waals surface area contributed by atoms with Crippen LogP contribution in [0.15, 0.2) is 0 Å². The van der Waals surface area contributed by atoms with E-state index in [1.807, 2.05) is 0 Å². The fourth-order valence-corrected chi connectivity index (χ4v) is 4.40. The predicted molar refractivity (Wildman–Crippen MR) is 54.1 cm³/mol. The predicted octanol–water partition coefficient (Wildman–Crippen LogP) is -1.23. The van der Waals surface area contributed by atoms with E-state index in [0.717, 1.165) is 0 Å².